The van der Waals surface area contributed by atoms with Crippen LogP contribution < -0.4 is 0 Å². The summed E-state index contributed by atoms with van der Waals surface area (Å²) >= 11 is 1.13. The highest BCUT2D eigenvalue weighted by Crippen LogP contribution is 2.38. The number of methoxy groups -OCH3 is 2. The molecular weight excluding hydrogens is 196 g/mol. The molecule has 3 N–H and O–H groups in total. The molecule has 1 aliphatic rings. The van der Waals surface area contributed by atoms with Crippen molar-refractivity contribution in [2.24, 2.45) is 0 Å². The Balaban J connectivity index is 2.77. The monoisotopic (exact) mass is 210 g/mol. The van der Waals surface area contributed by atoms with E-state index < -0.39 is 23.4 Å². The van der Waals surface area contributed by atoms with Gasteiger partial charge in [-0.15, -0.1) is 0 Å². The van der Waals surface area contributed by atoms with Crippen molar-refractivity contribution in [3.63, 3.8) is 0 Å². The SMILES string of the molecule is COC1(OC)SC[C@@H](O)[C@H](O)[C@H]1O. The molecule has 1 heterocycles. The predicted octanol–water partition coefficient (Wildman–Crippen LogP) is -1.24. The zero-order chi connectivity index (χ0) is 10.1. The van der Waals surface area contributed by atoms with E-state index in [1.807, 2.05) is 0 Å². The number of aliphatic hydroxyl groups excluding tert-OH is 3. The topological polar surface area (TPSA) is 79.2 Å². The first-order valence-electron chi connectivity index (χ1n) is 3.86. The number of rotatable bonds is 2. The molecule has 0 bridgehead atoms. The molecule has 13 heavy (non-hydrogen) atoms. The van der Waals surface area contributed by atoms with Gasteiger partial charge >= 0.3 is 0 Å². The lowest BCUT2D eigenvalue weighted by atomic mass is 10.1. The van der Waals surface area contributed by atoms with Crippen LogP contribution in [0.1, 0.15) is 0 Å². The predicted molar refractivity (Wildman–Crippen MR) is 47.2 cm³/mol. The van der Waals surface area contributed by atoms with Crippen molar-refractivity contribution in [2.75, 3.05) is 20.0 Å². The molecule has 0 aromatic heterocycles. The van der Waals surface area contributed by atoms with Gasteiger partial charge in [-0.05, 0) is 0 Å². The van der Waals surface area contributed by atoms with E-state index in [-0.39, 0.29) is 5.75 Å². The fourth-order valence-corrected chi connectivity index (χ4v) is 2.39. The van der Waals surface area contributed by atoms with E-state index in [1.165, 1.54) is 14.2 Å². The molecule has 3 atom stereocenters. The van der Waals surface area contributed by atoms with Gasteiger partial charge in [-0.3, -0.25) is 0 Å². The van der Waals surface area contributed by atoms with E-state index in [1.54, 1.807) is 0 Å². The fraction of sp³-hybridized carbons (Fsp3) is 1.00. The van der Waals surface area contributed by atoms with Gasteiger partial charge in [0.15, 0.2) is 0 Å². The number of hydrogen-bond acceptors (Lipinski definition) is 6. The van der Waals surface area contributed by atoms with E-state index in [0.29, 0.717) is 0 Å². The van der Waals surface area contributed by atoms with Crippen LogP contribution in [0.3, 0.4) is 0 Å². The molecule has 78 valence electrons. The molecular formula is C7H14O5S. The molecule has 0 radical (unpaired) electrons. The summed E-state index contributed by atoms with van der Waals surface area (Å²) in [6.07, 6.45) is -3.43. The van der Waals surface area contributed by atoms with Gasteiger partial charge in [0.2, 0.25) is 5.12 Å². The van der Waals surface area contributed by atoms with Crippen molar-refractivity contribution >= 4 is 11.8 Å². The summed E-state index contributed by atoms with van der Waals surface area (Å²) in [5, 5.41) is 26.9. The van der Waals surface area contributed by atoms with Crippen LogP contribution in [0.2, 0.25) is 0 Å². The van der Waals surface area contributed by atoms with E-state index >= 15 is 0 Å². The summed E-state index contributed by atoms with van der Waals surface area (Å²) in [6, 6.07) is 0. The molecule has 1 aliphatic heterocycles. The number of thioether (sulfide) groups is 1. The summed E-state index contributed by atoms with van der Waals surface area (Å²) in [4.78, 5) is 0. The quantitative estimate of drug-likeness (QED) is 0.495. The maximum atomic E-state index is 9.58. The maximum absolute atomic E-state index is 9.58. The lowest BCUT2D eigenvalue weighted by molar-refractivity contribution is -0.231. The molecule has 5 nitrogen and oxygen atoms in total. The van der Waals surface area contributed by atoms with Crippen molar-refractivity contribution in [1.82, 2.24) is 0 Å². The second kappa shape index (κ2) is 4.12. The average Bonchev–Trinajstić information content (AvgIpc) is 2.16. The molecule has 6 heteroatoms. The van der Waals surface area contributed by atoms with E-state index in [9.17, 15) is 15.3 Å². The second-order valence-electron chi connectivity index (χ2n) is 2.83. The van der Waals surface area contributed by atoms with Gasteiger partial charge in [0.1, 0.15) is 12.2 Å². The van der Waals surface area contributed by atoms with Gasteiger partial charge < -0.3 is 24.8 Å². The lowest BCUT2D eigenvalue weighted by Gasteiger charge is -2.42. The van der Waals surface area contributed by atoms with Gasteiger partial charge in [0, 0.05) is 20.0 Å². The van der Waals surface area contributed by atoms with Crippen LogP contribution >= 0.6 is 11.8 Å². The minimum atomic E-state index is -1.27. The minimum Gasteiger partial charge on any atom is -0.389 e. The summed E-state index contributed by atoms with van der Waals surface area (Å²) in [5.74, 6) is 0.264. The Labute approximate surface area is 80.7 Å². The number of hydrogen-bond donors (Lipinski definition) is 3. The highest BCUT2D eigenvalue weighted by atomic mass is 32.2. The maximum Gasteiger partial charge on any atom is 0.247 e. The molecule has 0 saturated carbocycles. The molecule has 0 aromatic rings. The smallest absolute Gasteiger partial charge is 0.247 e. The third-order valence-electron chi connectivity index (χ3n) is 2.10. The Morgan fingerprint density at radius 1 is 1.23 bits per heavy atom. The summed E-state index contributed by atoms with van der Waals surface area (Å²) in [7, 11) is 2.76. The Morgan fingerprint density at radius 2 is 1.77 bits per heavy atom. The van der Waals surface area contributed by atoms with E-state index in [2.05, 4.69) is 0 Å². The standard InChI is InChI=1S/C7H14O5S/c1-11-7(12-2)6(10)5(9)4(8)3-13-7/h4-6,8-10H,3H2,1-2H3/t4-,5+,6-/m1/s1. The zero-order valence-electron chi connectivity index (χ0n) is 7.51. The third kappa shape index (κ3) is 1.83. The Hall–Kier alpha value is 0.150. The van der Waals surface area contributed by atoms with Crippen LogP contribution in [-0.4, -0.2) is 58.7 Å². The van der Waals surface area contributed by atoms with Gasteiger partial charge in [-0.1, -0.05) is 11.8 Å². The molecule has 0 aromatic carbocycles. The molecule has 1 saturated heterocycles. The summed E-state index contributed by atoms with van der Waals surface area (Å²) in [5.41, 5.74) is 0. The van der Waals surface area contributed by atoms with Crippen LogP contribution in [0.5, 0.6) is 0 Å². The van der Waals surface area contributed by atoms with Crippen LogP contribution in [-0.2, 0) is 9.47 Å². The number of aliphatic hydroxyl groups is 3. The molecule has 0 aliphatic carbocycles. The average molecular weight is 210 g/mol. The Morgan fingerprint density at radius 3 is 2.23 bits per heavy atom. The zero-order valence-corrected chi connectivity index (χ0v) is 8.32. The summed E-state index contributed by atoms with van der Waals surface area (Å²) < 4.78 is 9.96. The van der Waals surface area contributed by atoms with E-state index in [4.69, 9.17) is 9.47 Å². The van der Waals surface area contributed by atoms with Crippen molar-refractivity contribution in [3.05, 3.63) is 0 Å². The van der Waals surface area contributed by atoms with Crippen LogP contribution in [0.25, 0.3) is 0 Å². The normalized spacial score (nSPS) is 39.0. The Bertz CT molecular complexity index is 172. The Kier molecular flexibility index (Phi) is 3.56. The highest BCUT2D eigenvalue weighted by molar-refractivity contribution is 8.00. The van der Waals surface area contributed by atoms with Crippen molar-refractivity contribution in [1.29, 1.82) is 0 Å². The molecule has 0 spiro atoms. The van der Waals surface area contributed by atoms with Crippen LogP contribution in [0.4, 0.5) is 0 Å². The van der Waals surface area contributed by atoms with Gasteiger partial charge in [-0.25, -0.2) is 0 Å². The van der Waals surface area contributed by atoms with Gasteiger partial charge in [0.25, 0.3) is 0 Å². The van der Waals surface area contributed by atoms with Crippen molar-refractivity contribution in [2.45, 2.75) is 23.4 Å². The van der Waals surface area contributed by atoms with Crippen LogP contribution in [0, 0.1) is 0 Å². The van der Waals surface area contributed by atoms with Gasteiger partial charge in [-0.2, -0.15) is 0 Å². The van der Waals surface area contributed by atoms with Crippen molar-refractivity contribution in [3.8, 4) is 0 Å². The molecule has 0 unspecified atom stereocenters. The highest BCUT2D eigenvalue weighted by Gasteiger charge is 2.50. The first-order chi connectivity index (χ1) is 6.07. The van der Waals surface area contributed by atoms with E-state index in [0.717, 1.165) is 11.8 Å². The molecule has 1 rings (SSSR count). The van der Waals surface area contributed by atoms with Crippen molar-refractivity contribution < 1.29 is 24.8 Å². The fourth-order valence-electron chi connectivity index (χ4n) is 1.25. The second-order valence-corrected chi connectivity index (χ2v) is 4.02. The first-order valence-corrected chi connectivity index (χ1v) is 4.84. The summed E-state index contributed by atoms with van der Waals surface area (Å²) in [6.45, 7) is 0. The lowest BCUT2D eigenvalue weighted by Crippen LogP contribution is -2.58. The van der Waals surface area contributed by atoms with Gasteiger partial charge in [0.05, 0.1) is 6.10 Å². The third-order valence-corrected chi connectivity index (χ3v) is 3.59. The largest absolute Gasteiger partial charge is 0.389 e. The molecule has 0 amide bonds. The first kappa shape index (κ1) is 11.2. The number of ether oxygens (including phenoxy) is 2. The van der Waals surface area contributed by atoms with Crippen LogP contribution in [0.15, 0.2) is 0 Å². The molecule has 1 fully saturated rings. The minimum absolute atomic E-state index is 0.264.